The van der Waals surface area contributed by atoms with Gasteiger partial charge in [-0.2, -0.15) is 0 Å². The van der Waals surface area contributed by atoms with Crippen LogP contribution in [0, 0.1) is 12.7 Å². The molecule has 0 radical (unpaired) electrons. The number of anilines is 1. The third-order valence-corrected chi connectivity index (χ3v) is 3.58. The molecule has 24 heavy (non-hydrogen) atoms. The summed E-state index contributed by atoms with van der Waals surface area (Å²) in [4.78, 5) is 23.6. The molecule has 0 unspecified atom stereocenters. The molecule has 2 N–H and O–H groups in total. The van der Waals surface area contributed by atoms with Crippen LogP contribution in [0.4, 0.5) is 10.1 Å². The fraction of sp³-hybridized carbons (Fsp3) is 0.222. The number of nitrogens with one attached hydrogen (secondary N) is 2. The average Bonchev–Trinajstić information content (AvgIpc) is 2.59. The molecule has 0 aliphatic carbocycles. The summed E-state index contributed by atoms with van der Waals surface area (Å²) in [7, 11) is 1.59. The molecule has 0 heterocycles. The number of methoxy groups -OCH3 is 1. The highest BCUT2D eigenvalue weighted by atomic mass is 19.1. The number of hydrogen-bond donors (Lipinski definition) is 2. The number of rotatable bonds is 5. The predicted molar refractivity (Wildman–Crippen MR) is 89.5 cm³/mol. The van der Waals surface area contributed by atoms with Gasteiger partial charge in [-0.15, -0.1) is 0 Å². The van der Waals surface area contributed by atoms with Gasteiger partial charge in [0.25, 0.3) is 0 Å². The minimum absolute atomic E-state index is 0.283. The first-order valence-electron chi connectivity index (χ1n) is 7.48. The summed E-state index contributed by atoms with van der Waals surface area (Å²) in [5.74, 6) is -1.26. The van der Waals surface area contributed by atoms with Crippen molar-refractivity contribution in [3.63, 3.8) is 0 Å². The zero-order valence-corrected chi connectivity index (χ0v) is 13.6. The van der Waals surface area contributed by atoms with Crippen molar-refractivity contribution < 1.29 is 18.7 Å². The number of ether oxygens (including phenoxy) is 1. The molecule has 0 aliphatic heterocycles. The topological polar surface area (TPSA) is 67.4 Å². The smallest absolute Gasteiger partial charge is 0.313 e. The average molecular weight is 330 g/mol. The number of hydrogen-bond acceptors (Lipinski definition) is 3. The zero-order chi connectivity index (χ0) is 17.5. The maximum Gasteiger partial charge on any atom is 0.313 e. The molecule has 0 saturated carbocycles. The number of carbonyl (C=O) groups excluding carboxylic acids is 2. The van der Waals surface area contributed by atoms with Gasteiger partial charge in [-0.05, 0) is 43.2 Å². The summed E-state index contributed by atoms with van der Waals surface area (Å²) < 4.78 is 18.5. The van der Waals surface area contributed by atoms with E-state index >= 15 is 0 Å². The normalized spacial score (nSPS) is 10.1. The lowest BCUT2D eigenvalue weighted by Crippen LogP contribution is -2.36. The van der Waals surface area contributed by atoms with E-state index < -0.39 is 17.6 Å². The second-order valence-electron chi connectivity index (χ2n) is 5.22. The van der Waals surface area contributed by atoms with E-state index in [4.69, 9.17) is 4.74 Å². The van der Waals surface area contributed by atoms with E-state index in [1.165, 1.54) is 19.1 Å². The second kappa shape index (κ2) is 8.10. The Kier molecular flexibility index (Phi) is 5.89. The van der Waals surface area contributed by atoms with Crippen molar-refractivity contribution in [1.82, 2.24) is 5.32 Å². The van der Waals surface area contributed by atoms with E-state index in [1.807, 2.05) is 24.3 Å². The zero-order valence-electron chi connectivity index (χ0n) is 13.6. The summed E-state index contributed by atoms with van der Waals surface area (Å²) in [5, 5.41) is 4.94. The van der Waals surface area contributed by atoms with Gasteiger partial charge in [0.05, 0.1) is 7.11 Å². The standard InChI is InChI=1S/C18H19FN2O3/c1-12-15(19)4-3-5-16(12)21-18(23)17(22)20-11-10-13-6-8-14(24-2)9-7-13/h3-9H,10-11H2,1-2H3,(H,20,22)(H,21,23). The van der Waals surface area contributed by atoms with Gasteiger partial charge in [0, 0.05) is 17.8 Å². The molecule has 2 aromatic carbocycles. The summed E-state index contributed by atoms with van der Waals surface area (Å²) >= 11 is 0. The van der Waals surface area contributed by atoms with Crippen molar-refractivity contribution in [3.8, 4) is 5.75 Å². The molecule has 2 amide bonds. The van der Waals surface area contributed by atoms with Crippen molar-refractivity contribution in [2.24, 2.45) is 0 Å². The van der Waals surface area contributed by atoms with Crippen LogP contribution in [0.15, 0.2) is 42.5 Å². The van der Waals surface area contributed by atoms with Crippen LogP contribution >= 0.6 is 0 Å². The van der Waals surface area contributed by atoms with Crippen LogP contribution in [-0.4, -0.2) is 25.5 Å². The molecule has 0 atom stereocenters. The van der Waals surface area contributed by atoms with E-state index in [0.717, 1.165) is 11.3 Å². The highest BCUT2D eigenvalue weighted by Gasteiger charge is 2.15. The summed E-state index contributed by atoms with van der Waals surface area (Å²) in [6.45, 7) is 1.85. The number of carbonyl (C=O) groups is 2. The Morgan fingerprint density at radius 2 is 1.79 bits per heavy atom. The highest BCUT2D eigenvalue weighted by Crippen LogP contribution is 2.17. The maximum absolute atomic E-state index is 13.4. The van der Waals surface area contributed by atoms with Gasteiger partial charge < -0.3 is 15.4 Å². The fourth-order valence-electron chi connectivity index (χ4n) is 2.11. The van der Waals surface area contributed by atoms with Crippen LogP contribution in [0.25, 0.3) is 0 Å². The summed E-state index contributed by atoms with van der Waals surface area (Å²) in [5.41, 5.74) is 1.58. The summed E-state index contributed by atoms with van der Waals surface area (Å²) in [6.07, 6.45) is 0.585. The first-order chi connectivity index (χ1) is 11.5. The van der Waals surface area contributed by atoms with Gasteiger partial charge in [-0.1, -0.05) is 18.2 Å². The van der Waals surface area contributed by atoms with E-state index in [2.05, 4.69) is 10.6 Å². The van der Waals surface area contributed by atoms with Crippen LogP contribution in [0.1, 0.15) is 11.1 Å². The van der Waals surface area contributed by atoms with E-state index in [0.29, 0.717) is 13.0 Å². The molecule has 2 rings (SSSR count). The Labute approximate surface area is 139 Å². The molecule has 0 aliphatic rings. The lowest BCUT2D eigenvalue weighted by atomic mass is 10.1. The van der Waals surface area contributed by atoms with Crippen LogP contribution < -0.4 is 15.4 Å². The number of amides is 2. The maximum atomic E-state index is 13.4. The van der Waals surface area contributed by atoms with Crippen molar-refractivity contribution >= 4 is 17.5 Å². The monoisotopic (exact) mass is 330 g/mol. The summed E-state index contributed by atoms with van der Waals surface area (Å²) in [6, 6.07) is 11.7. The van der Waals surface area contributed by atoms with Crippen molar-refractivity contribution in [2.75, 3.05) is 19.0 Å². The second-order valence-corrected chi connectivity index (χ2v) is 5.22. The highest BCUT2D eigenvalue weighted by molar-refractivity contribution is 6.39. The van der Waals surface area contributed by atoms with Gasteiger partial charge in [-0.25, -0.2) is 4.39 Å². The van der Waals surface area contributed by atoms with Crippen molar-refractivity contribution in [2.45, 2.75) is 13.3 Å². The van der Waals surface area contributed by atoms with E-state index in [1.54, 1.807) is 13.2 Å². The van der Waals surface area contributed by atoms with Gasteiger partial charge in [-0.3, -0.25) is 9.59 Å². The molecule has 0 bridgehead atoms. The van der Waals surface area contributed by atoms with Crippen LogP contribution in [0.2, 0.25) is 0 Å². The minimum atomic E-state index is -0.821. The lowest BCUT2D eigenvalue weighted by molar-refractivity contribution is -0.136. The quantitative estimate of drug-likeness (QED) is 0.828. The predicted octanol–water partition coefficient (Wildman–Crippen LogP) is 2.44. The molecule has 6 heteroatoms. The first-order valence-corrected chi connectivity index (χ1v) is 7.48. The van der Waals surface area contributed by atoms with Gasteiger partial charge in [0.2, 0.25) is 0 Å². The Hall–Kier alpha value is -2.89. The Balaban J connectivity index is 1.83. The Morgan fingerprint density at radius 3 is 2.46 bits per heavy atom. The lowest BCUT2D eigenvalue weighted by Gasteiger charge is -2.09. The van der Waals surface area contributed by atoms with Crippen molar-refractivity contribution in [3.05, 3.63) is 59.4 Å². The Morgan fingerprint density at radius 1 is 1.08 bits per heavy atom. The molecule has 0 aromatic heterocycles. The molecular formula is C18H19FN2O3. The third-order valence-electron chi connectivity index (χ3n) is 3.58. The fourth-order valence-corrected chi connectivity index (χ4v) is 2.11. The van der Waals surface area contributed by atoms with E-state index in [9.17, 15) is 14.0 Å². The molecule has 0 spiro atoms. The number of benzene rings is 2. The minimum Gasteiger partial charge on any atom is -0.497 e. The largest absolute Gasteiger partial charge is 0.497 e. The van der Waals surface area contributed by atoms with E-state index in [-0.39, 0.29) is 11.3 Å². The van der Waals surface area contributed by atoms with Crippen LogP contribution in [0.5, 0.6) is 5.75 Å². The third kappa shape index (κ3) is 4.55. The molecule has 126 valence electrons. The van der Waals surface area contributed by atoms with Gasteiger partial charge in [0.15, 0.2) is 0 Å². The SMILES string of the molecule is COc1ccc(CCNC(=O)C(=O)Nc2cccc(F)c2C)cc1. The number of halogens is 1. The molecule has 0 saturated heterocycles. The molecule has 0 fully saturated rings. The van der Waals surface area contributed by atoms with Crippen LogP contribution in [0.3, 0.4) is 0 Å². The van der Waals surface area contributed by atoms with Gasteiger partial charge >= 0.3 is 11.8 Å². The first kappa shape index (κ1) is 17.5. The van der Waals surface area contributed by atoms with Gasteiger partial charge in [0.1, 0.15) is 11.6 Å². The molecular weight excluding hydrogens is 311 g/mol. The molecule has 2 aromatic rings. The van der Waals surface area contributed by atoms with Crippen LogP contribution in [-0.2, 0) is 16.0 Å². The molecule has 5 nitrogen and oxygen atoms in total. The Bertz CT molecular complexity index is 730. The van der Waals surface area contributed by atoms with Crippen molar-refractivity contribution in [1.29, 1.82) is 0 Å².